The van der Waals surface area contributed by atoms with Crippen LogP contribution in [0.1, 0.15) is 52.0 Å². The highest BCUT2D eigenvalue weighted by Gasteiger charge is 2.46. The molecule has 0 aromatic heterocycles. The highest BCUT2D eigenvalue weighted by Crippen LogP contribution is 2.49. The van der Waals surface area contributed by atoms with Crippen molar-refractivity contribution in [2.24, 2.45) is 10.6 Å². The zero-order valence-electron chi connectivity index (χ0n) is 19.5. The Balaban J connectivity index is 1.36. The van der Waals surface area contributed by atoms with Gasteiger partial charge >= 0.3 is 0 Å². The van der Waals surface area contributed by atoms with E-state index in [1.807, 2.05) is 24.3 Å². The first kappa shape index (κ1) is 24.1. The summed E-state index contributed by atoms with van der Waals surface area (Å²) in [7, 11) is 0. The smallest absolute Gasteiger partial charge is 0.258 e. The van der Waals surface area contributed by atoms with E-state index in [1.54, 1.807) is 29.2 Å². The van der Waals surface area contributed by atoms with Gasteiger partial charge in [0, 0.05) is 28.9 Å². The van der Waals surface area contributed by atoms with Crippen molar-refractivity contribution in [3.05, 3.63) is 99.2 Å². The van der Waals surface area contributed by atoms with Crippen LogP contribution in [-0.4, -0.2) is 24.4 Å². The minimum Gasteiger partial charge on any atom is -0.322 e. The first-order chi connectivity index (χ1) is 17.4. The summed E-state index contributed by atoms with van der Waals surface area (Å²) in [5, 5.41) is 6.29. The second-order valence-corrected chi connectivity index (χ2v) is 9.95. The molecule has 0 radical (unpaired) electrons. The second-order valence-electron chi connectivity index (χ2n) is 9.54. The third kappa shape index (κ3) is 4.51. The Kier molecular flexibility index (Phi) is 6.58. The van der Waals surface area contributed by atoms with Gasteiger partial charge < -0.3 is 10.2 Å². The third-order valence-corrected chi connectivity index (χ3v) is 7.78. The first-order valence-corrected chi connectivity index (χ1v) is 12.4. The zero-order chi connectivity index (χ0) is 25.3. The number of fused-ring (bicyclic) bond motifs is 1. The van der Waals surface area contributed by atoms with Crippen molar-refractivity contribution in [3.8, 4) is 0 Å². The Bertz CT molecular complexity index is 1330. The first-order valence-electron chi connectivity index (χ1n) is 12.0. The van der Waals surface area contributed by atoms with Crippen molar-refractivity contribution in [2.75, 3.05) is 16.8 Å². The lowest BCUT2D eigenvalue weighted by molar-refractivity contribution is 0.0982. The molecule has 5 rings (SSSR count). The van der Waals surface area contributed by atoms with E-state index in [1.165, 1.54) is 12.1 Å². The van der Waals surface area contributed by atoms with E-state index >= 15 is 0 Å². The molecule has 2 amide bonds. The van der Waals surface area contributed by atoms with Gasteiger partial charge in [0.1, 0.15) is 5.82 Å². The molecular formula is C28H25ClFN3O3. The summed E-state index contributed by atoms with van der Waals surface area (Å²) in [6.07, 6.45) is 4.15. The molecule has 6 nitrogen and oxygen atoms in total. The summed E-state index contributed by atoms with van der Waals surface area (Å²) in [4.78, 5) is 39.5. The minimum absolute atomic E-state index is 0.0296. The minimum atomic E-state index is -0.558. The lowest BCUT2D eigenvalue weighted by Gasteiger charge is -2.30. The molecule has 1 heterocycles. The Morgan fingerprint density at radius 2 is 1.83 bits per heavy atom. The predicted molar refractivity (Wildman–Crippen MR) is 138 cm³/mol. The number of carbonyl (C=O) groups excluding carboxylic acids is 2. The van der Waals surface area contributed by atoms with Crippen molar-refractivity contribution >= 4 is 34.8 Å². The summed E-state index contributed by atoms with van der Waals surface area (Å²) in [6, 6.07) is 17.8. The van der Waals surface area contributed by atoms with Crippen LogP contribution in [0.25, 0.3) is 0 Å². The molecule has 1 aliphatic heterocycles. The lowest BCUT2D eigenvalue weighted by Crippen LogP contribution is -2.35. The average Bonchev–Trinajstić information content (AvgIpc) is 3.20. The number of nitrogens with zero attached hydrogens (tertiary/aromatic N) is 2. The quantitative estimate of drug-likeness (QED) is 0.404. The van der Waals surface area contributed by atoms with E-state index in [4.69, 9.17) is 11.6 Å². The molecule has 2 atom stereocenters. The summed E-state index contributed by atoms with van der Waals surface area (Å²) in [6.45, 7) is 0.498. The van der Waals surface area contributed by atoms with Crippen molar-refractivity contribution in [1.82, 2.24) is 0 Å². The maximum absolute atomic E-state index is 13.6. The molecule has 1 fully saturated rings. The molecule has 3 aromatic rings. The third-order valence-electron chi connectivity index (χ3n) is 7.45. The normalized spacial score (nSPS) is 21.1. The Labute approximate surface area is 213 Å². The second kappa shape index (κ2) is 9.82. The van der Waals surface area contributed by atoms with Crippen molar-refractivity contribution in [1.29, 1.82) is 0 Å². The molecule has 0 saturated heterocycles. The number of para-hydroxylation sites is 1. The number of anilines is 2. The van der Waals surface area contributed by atoms with Crippen LogP contribution in [0.5, 0.6) is 0 Å². The van der Waals surface area contributed by atoms with Gasteiger partial charge in [-0.1, -0.05) is 41.4 Å². The van der Waals surface area contributed by atoms with E-state index in [-0.39, 0.29) is 28.0 Å². The molecule has 1 saturated carbocycles. The van der Waals surface area contributed by atoms with Crippen LogP contribution in [0.4, 0.5) is 15.8 Å². The van der Waals surface area contributed by atoms with Gasteiger partial charge in [0.2, 0.25) is 0 Å². The van der Waals surface area contributed by atoms with Crippen LogP contribution in [0, 0.1) is 16.1 Å². The number of hydrogen-bond acceptors (Lipinski definition) is 4. The topological polar surface area (TPSA) is 78.8 Å². The molecular weight excluding hydrogens is 481 g/mol. The highest BCUT2D eigenvalue weighted by molar-refractivity contribution is 6.34. The molecule has 1 spiro atoms. The Hall–Kier alpha value is -3.58. The van der Waals surface area contributed by atoms with E-state index in [9.17, 15) is 18.9 Å². The fourth-order valence-corrected chi connectivity index (χ4v) is 5.77. The number of benzene rings is 3. The Morgan fingerprint density at radius 1 is 1.06 bits per heavy atom. The van der Waals surface area contributed by atoms with Crippen LogP contribution in [0.3, 0.4) is 0 Å². The van der Waals surface area contributed by atoms with Crippen LogP contribution < -0.4 is 10.2 Å². The van der Waals surface area contributed by atoms with Gasteiger partial charge in [0.15, 0.2) is 0 Å². The number of nitrogens with one attached hydrogen (secondary N) is 1. The van der Waals surface area contributed by atoms with Gasteiger partial charge in [-0.25, -0.2) is 4.39 Å². The van der Waals surface area contributed by atoms with E-state index in [0.717, 1.165) is 43.0 Å². The van der Waals surface area contributed by atoms with Crippen molar-refractivity contribution in [2.45, 2.75) is 38.1 Å². The maximum Gasteiger partial charge on any atom is 0.258 e. The maximum atomic E-state index is 13.6. The summed E-state index contributed by atoms with van der Waals surface area (Å²) < 4.78 is 13.5. The van der Waals surface area contributed by atoms with Crippen LogP contribution >= 0.6 is 11.6 Å². The van der Waals surface area contributed by atoms with Gasteiger partial charge in [-0.3, -0.25) is 9.59 Å². The summed E-state index contributed by atoms with van der Waals surface area (Å²) >= 11 is 6.03. The van der Waals surface area contributed by atoms with Crippen LogP contribution in [0.2, 0.25) is 5.02 Å². The van der Waals surface area contributed by atoms with Crippen molar-refractivity contribution < 1.29 is 14.0 Å². The largest absolute Gasteiger partial charge is 0.322 e. The number of hydrogen-bond donors (Lipinski definition) is 1. The standard InChI is InChI=1S/C28H25ClFN3O3/c29-23-12-9-20(30)16-22(23)26(34)31-21-10-7-18(8-11-21)27(35)33-15-14-28(13-3-6-25(28)32-36)17-19-4-1-2-5-24(19)33/h1-2,4-5,7-12,16,25H,3,6,13-15,17H2,(H,31,34)/t25?,28-/m1/s1. The Morgan fingerprint density at radius 3 is 2.61 bits per heavy atom. The van der Waals surface area contributed by atoms with E-state index in [0.29, 0.717) is 24.2 Å². The summed E-state index contributed by atoms with van der Waals surface area (Å²) in [5.41, 5.74) is 2.65. The molecule has 0 bridgehead atoms. The van der Waals surface area contributed by atoms with Gasteiger partial charge in [0.05, 0.1) is 16.6 Å². The fraction of sp³-hybridized carbons (Fsp3) is 0.286. The SMILES string of the molecule is O=NC1CCC[C@]12CCN(C(=O)c1ccc(NC(=O)c3cc(F)ccc3Cl)cc1)c1ccccc1C2. The predicted octanol–water partition coefficient (Wildman–Crippen LogP) is 6.63. The number of halogens is 2. The molecule has 3 aromatic carbocycles. The summed E-state index contributed by atoms with van der Waals surface area (Å²) in [5.74, 6) is -1.25. The van der Waals surface area contributed by atoms with Gasteiger partial charge in [-0.15, -0.1) is 0 Å². The number of nitroso groups, excluding NO2 is 1. The average molecular weight is 506 g/mol. The molecule has 184 valence electrons. The van der Waals surface area contributed by atoms with Gasteiger partial charge in [-0.05, 0) is 79.8 Å². The number of carbonyl (C=O) groups is 2. The van der Waals surface area contributed by atoms with Crippen LogP contribution in [-0.2, 0) is 6.42 Å². The zero-order valence-corrected chi connectivity index (χ0v) is 20.3. The monoisotopic (exact) mass is 505 g/mol. The molecule has 8 heteroatoms. The molecule has 1 N–H and O–H groups in total. The number of amides is 2. The van der Waals surface area contributed by atoms with E-state index in [2.05, 4.69) is 10.5 Å². The number of rotatable bonds is 4. The van der Waals surface area contributed by atoms with Gasteiger partial charge in [-0.2, -0.15) is 4.91 Å². The lowest BCUT2D eigenvalue weighted by atomic mass is 9.75. The van der Waals surface area contributed by atoms with E-state index < -0.39 is 11.7 Å². The molecule has 36 heavy (non-hydrogen) atoms. The molecule has 1 unspecified atom stereocenters. The van der Waals surface area contributed by atoms with Crippen molar-refractivity contribution in [3.63, 3.8) is 0 Å². The highest BCUT2D eigenvalue weighted by atomic mass is 35.5. The fourth-order valence-electron chi connectivity index (χ4n) is 5.56. The molecule has 2 aliphatic rings. The van der Waals surface area contributed by atoms with Gasteiger partial charge in [0.25, 0.3) is 11.8 Å². The molecule has 1 aliphatic carbocycles. The van der Waals surface area contributed by atoms with Crippen LogP contribution in [0.15, 0.2) is 71.9 Å².